The number of nitrogens with zero attached hydrogens (tertiary/aromatic N) is 1. The van der Waals surface area contributed by atoms with Crippen LogP contribution in [0.2, 0.25) is 0 Å². The van der Waals surface area contributed by atoms with Crippen LogP contribution in [-0.4, -0.2) is 61.1 Å². The third-order valence-corrected chi connectivity index (χ3v) is 4.44. The maximum absolute atomic E-state index is 12.7. The number of para-hydroxylation sites is 1. The van der Waals surface area contributed by atoms with Gasteiger partial charge in [0.25, 0.3) is 0 Å². The fraction of sp³-hybridized carbons (Fsp3) is 0.500. The smallest absolute Gasteiger partial charge is 0.340 e. The third kappa shape index (κ3) is 6.48. The molecule has 9 nitrogen and oxygen atoms in total. The summed E-state index contributed by atoms with van der Waals surface area (Å²) in [5.74, 6) is -2.77. The topological polar surface area (TPSA) is 114 Å². The molecule has 0 aromatic heterocycles. The summed E-state index contributed by atoms with van der Waals surface area (Å²) in [6.45, 7) is 4.05. The van der Waals surface area contributed by atoms with E-state index in [9.17, 15) is 19.2 Å². The van der Waals surface area contributed by atoms with Crippen LogP contribution in [0.3, 0.4) is 0 Å². The van der Waals surface area contributed by atoms with Crippen molar-refractivity contribution in [2.24, 2.45) is 5.92 Å². The third-order valence-electron chi connectivity index (χ3n) is 4.44. The van der Waals surface area contributed by atoms with Gasteiger partial charge in [-0.1, -0.05) is 18.2 Å². The van der Waals surface area contributed by atoms with E-state index in [0.29, 0.717) is 25.1 Å². The van der Waals surface area contributed by atoms with Crippen LogP contribution in [0.5, 0.6) is 0 Å². The van der Waals surface area contributed by atoms with E-state index in [-0.39, 0.29) is 25.8 Å². The molecule has 1 aliphatic rings. The Morgan fingerprint density at radius 2 is 1.69 bits per heavy atom. The van der Waals surface area contributed by atoms with Crippen molar-refractivity contribution in [1.82, 2.24) is 10.2 Å². The predicted molar refractivity (Wildman–Crippen MR) is 105 cm³/mol. The molecule has 1 heterocycles. The first-order chi connectivity index (χ1) is 14.0. The number of urea groups is 1. The Morgan fingerprint density at radius 1 is 1.07 bits per heavy atom. The number of esters is 2. The quantitative estimate of drug-likeness (QED) is 0.525. The van der Waals surface area contributed by atoms with Crippen molar-refractivity contribution < 1.29 is 28.7 Å². The standard InChI is InChI=1S/C20H27N3O6/c1-3-28-18(25)16(19(26)29-4-2)22-17(24)14-9-8-12-23(13-14)20(27)21-15-10-6-5-7-11-15/h5-7,10-11,14,16H,3-4,8-9,12-13H2,1-2H3,(H,21,27)(H,22,24)/t14-/m1/s1. The van der Waals surface area contributed by atoms with E-state index < -0.39 is 29.8 Å². The van der Waals surface area contributed by atoms with Gasteiger partial charge in [0.15, 0.2) is 0 Å². The molecule has 158 valence electrons. The number of nitrogens with one attached hydrogen (secondary N) is 2. The average Bonchev–Trinajstić information content (AvgIpc) is 2.73. The van der Waals surface area contributed by atoms with Crippen LogP contribution in [0, 0.1) is 5.92 Å². The second-order valence-corrected chi connectivity index (χ2v) is 6.53. The van der Waals surface area contributed by atoms with Crippen LogP contribution >= 0.6 is 0 Å². The fourth-order valence-corrected chi connectivity index (χ4v) is 3.03. The molecule has 3 amide bonds. The van der Waals surface area contributed by atoms with Gasteiger partial charge < -0.3 is 25.0 Å². The second-order valence-electron chi connectivity index (χ2n) is 6.53. The Kier molecular flexibility index (Phi) is 8.45. The molecule has 1 atom stereocenters. The Bertz CT molecular complexity index is 706. The summed E-state index contributed by atoms with van der Waals surface area (Å²) >= 11 is 0. The molecule has 0 unspecified atom stereocenters. The highest BCUT2D eigenvalue weighted by Gasteiger charge is 2.35. The van der Waals surface area contributed by atoms with Crippen molar-refractivity contribution in [2.75, 3.05) is 31.6 Å². The van der Waals surface area contributed by atoms with Crippen molar-refractivity contribution >= 4 is 29.6 Å². The zero-order valence-corrected chi connectivity index (χ0v) is 16.7. The van der Waals surface area contributed by atoms with Gasteiger partial charge in [0.05, 0.1) is 19.1 Å². The maximum atomic E-state index is 12.7. The van der Waals surface area contributed by atoms with Crippen molar-refractivity contribution in [1.29, 1.82) is 0 Å². The van der Waals surface area contributed by atoms with E-state index in [1.807, 2.05) is 18.2 Å². The summed E-state index contributed by atoms with van der Waals surface area (Å²) in [5, 5.41) is 5.21. The lowest BCUT2D eigenvalue weighted by atomic mass is 9.97. The molecule has 0 radical (unpaired) electrons. The van der Waals surface area contributed by atoms with Crippen LogP contribution in [-0.2, 0) is 23.9 Å². The number of piperidine rings is 1. The SMILES string of the molecule is CCOC(=O)C(NC(=O)[C@@H]1CCCN(C(=O)Nc2ccccc2)C1)C(=O)OCC. The number of rotatable bonds is 7. The van der Waals surface area contributed by atoms with E-state index in [0.717, 1.165) is 0 Å². The summed E-state index contributed by atoms with van der Waals surface area (Å²) in [5.41, 5.74) is 0.661. The normalized spacial score (nSPS) is 16.1. The van der Waals surface area contributed by atoms with Crippen molar-refractivity contribution in [2.45, 2.75) is 32.7 Å². The van der Waals surface area contributed by atoms with Gasteiger partial charge in [-0.25, -0.2) is 14.4 Å². The van der Waals surface area contributed by atoms with Gasteiger partial charge in [-0.3, -0.25) is 4.79 Å². The molecular formula is C20H27N3O6. The number of likely N-dealkylation sites (tertiary alicyclic amines) is 1. The Hall–Kier alpha value is -3.10. The van der Waals surface area contributed by atoms with Gasteiger partial charge in [0.1, 0.15) is 0 Å². The lowest BCUT2D eigenvalue weighted by Gasteiger charge is -2.32. The molecule has 2 N–H and O–H groups in total. The minimum Gasteiger partial charge on any atom is -0.464 e. The molecule has 9 heteroatoms. The number of carbonyl (C=O) groups excluding carboxylic acids is 4. The highest BCUT2D eigenvalue weighted by Crippen LogP contribution is 2.18. The first-order valence-electron chi connectivity index (χ1n) is 9.70. The molecule has 1 aliphatic heterocycles. The lowest BCUT2D eigenvalue weighted by molar-refractivity contribution is -0.160. The zero-order valence-electron chi connectivity index (χ0n) is 16.7. The molecule has 0 bridgehead atoms. The lowest BCUT2D eigenvalue weighted by Crippen LogP contribution is -2.53. The summed E-state index contributed by atoms with van der Waals surface area (Å²) in [6.07, 6.45) is 1.17. The van der Waals surface area contributed by atoms with Crippen molar-refractivity contribution in [3.05, 3.63) is 30.3 Å². The maximum Gasteiger partial charge on any atom is 0.340 e. The van der Waals surface area contributed by atoms with Crippen LogP contribution in [0.15, 0.2) is 30.3 Å². The second kappa shape index (κ2) is 11.0. The van der Waals surface area contributed by atoms with E-state index in [1.165, 1.54) is 0 Å². The van der Waals surface area contributed by atoms with Gasteiger partial charge >= 0.3 is 18.0 Å². The Morgan fingerprint density at radius 3 is 2.28 bits per heavy atom. The molecule has 29 heavy (non-hydrogen) atoms. The molecule has 0 saturated carbocycles. The van der Waals surface area contributed by atoms with Crippen LogP contribution in [0.4, 0.5) is 10.5 Å². The summed E-state index contributed by atoms with van der Waals surface area (Å²) in [7, 11) is 0. The van der Waals surface area contributed by atoms with Crippen LogP contribution in [0.1, 0.15) is 26.7 Å². The minimum absolute atomic E-state index is 0.0709. The van der Waals surface area contributed by atoms with Gasteiger partial charge in [0.2, 0.25) is 11.9 Å². The molecule has 1 aromatic carbocycles. The highest BCUT2D eigenvalue weighted by atomic mass is 16.6. The first-order valence-corrected chi connectivity index (χ1v) is 9.70. The van der Waals surface area contributed by atoms with Gasteiger partial charge in [-0.2, -0.15) is 0 Å². The van der Waals surface area contributed by atoms with Crippen molar-refractivity contribution in [3.63, 3.8) is 0 Å². The van der Waals surface area contributed by atoms with Gasteiger partial charge in [-0.05, 0) is 38.8 Å². The van der Waals surface area contributed by atoms with Crippen molar-refractivity contribution in [3.8, 4) is 0 Å². The van der Waals surface area contributed by atoms with E-state index in [1.54, 1.807) is 30.9 Å². The van der Waals surface area contributed by atoms with Gasteiger partial charge in [0, 0.05) is 18.8 Å². The molecule has 1 fully saturated rings. The zero-order chi connectivity index (χ0) is 21.2. The summed E-state index contributed by atoms with van der Waals surface area (Å²) in [6, 6.07) is 7.20. The number of ether oxygens (including phenoxy) is 2. The number of carbonyl (C=O) groups is 4. The van der Waals surface area contributed by atoms with Crippen LogP contribution in [0.25, 0.3) is 0 Å². The monoisotopic (exact) mass is 405 g/mol. The van der Waals surface area contributed by atoms with E-state index in [4.69, 9.17) is 9.47 Å². The number of amides is 3. The Labute approximate surface area is 169 Å². The molecular weight excluding hydrogens is 378 g/mol. The average molecular weight is 405 g/mol. The van der Waals surface area contributed by atoms with Gasteiger partial charge in [-0.15, -0.1) is 0 Å². The number of hydrogen-bond donors (Lipinski definition) is 2. The molecule has 0 spiro atoms. The predicted octanol–water partition coefficient (Wildman–Crippen LogP) is 1.54. The largest absolute Gasteiger partial charge is 0.464 e. The molecule has 2 rings (SSSR count). The number of anilines is 1. The fourth-order valence-electron chi connectivity index (χ4n) is 3.03. The summed E-state index contributed by atoms with van der Waals surface area (Å²) in [4.78, 5) is 50.8. The van der Waals surface area contributed by atoms with Crippen LogP contribution < -0.4 is 10.6 Å². The Balaban J connectivity index is 1.98. The molecule has 1 aromatic rings. The molecule has 1 saturated heterocycles. The van der Waals surface area contributed by atoms with E-state index >= 15 is 0 Å². The summed E-state index contributed by atoms with van der Waals surface area (Å²) < 4.78 is 9.71. The number of benzene rings is 1. The first kappa shape index (κ1) is 22.2. The highest BCUT2D eigenvalue weighted by molar-refractivity contribution is 6.02. The minimum atomic E-state index is -1.52. The molecule has 0 aliphatic carbocycles. The number of hydrogen-bond acceptors (Lipinski definition) is 6. The van der Waals surface area contributed by atoms with E-state index in [2.05, 4.69) is 10.6 Å².